The van der Waals surface area contributed by atoms with Crippen molar-refractivity contribution in [3.05, 3.63) is 29.2 Å². The molecule has 0 fully saturated rings. The first-order valence-electron chi connectivity index (χ1n) is 6.90. The van der Waals surface area contributed by atoms with E-state index in [1.54, 1.807) is 7.11 Å². The highest BCUT2D eigenvalue weighted by Gasteiger charge is 2.25. The molecule has 1 unspecified atom stereocenters. The van der Waals surface area contributed by atoms with Gasteiger partial charge in [0, 0.05) is 17.0 Å². The molecule has 3 N–H and O–H groups in total. The van der Waals surface area contributed by atoms with Crippen molar-refractivity contribution in [2.45, 2.75) is 26.3 Å². The lowest BCUT2D eigenvalue weighted by Gasteiger charge is -2.13. The van der Waals surface area contributed by atoms with Gasteiger partial charge in [-0.25, -0.2) is 0 Å². The van der Waals surface area contributed by atoms with Gasteiger partial charge in [0.1, 0.15) is 17.1 Å². The maximum Gasteiger partial charge on any atom is 0.305 e. The molecule has 1 aromatic carbocycles. The molecule has 0 bridgehead atoms. The fraction of sp³-hybridized carbons (Fsp3) is 0.312. The SMILES string of the molecule is COc1c2cc(C)oc2c(C(N)CC(=O)O)c2cc(C)oc12. The Bertz CT molecular complexity index is 816. The molecule has 0 radical (unpaired) electrons. The summed E-state index contributed by atoms with van der Waals surface area (Å²) in [6, 6.07) is 2.96. The number of nitrogens with two attached hydrogens (primary N) is 1. The van der Waals surface area contributed by atoms with Crippen molar-refractivity contribution in [3.8, 4) is 5.75 Å². The zero-order valence-corrected chi connectivity index (χ0v) is 12.6. The zero-order chi connectivity index (χ0) is 16.0. The Balaban J connectivity index is 2.42. The number of rotatable bonds is 4. The van der Waals surface area contributed by atoms with E-state index in [4.69, 9.17) is 24.4 Å². The van der Waals surface area contributed by atoms with Crippen LogP contribution >= 0.6 is 0 Å². The van der Waals surface area contributed by atoms with Crippen LogP contribution in [0.4, 0.5) is 0 Å². The molecule has 0 spiro atoms. The molecule has 3 rings (SSSR count). The van der Waals surface area contributed by atoms with E-state index in [2.05, 4.69) is 0 Å². The first-order chi connectivity index (χ1) is 10.4. The van der Waals surface area contributed by atoms with E-state index in [-0.39, 0.29) is 6.42 Å². The first-order valence-corrected chi connectivity index (χ1v) is 6.90. The maximum atomic E-state index is 11.0. The number of furan rings is 2. The van der Waals surface area contributed by atoms with Gasteiger partial charge >= 0.3 is 5.97 Å². The molecule has 2 aromatic heterocycles. The number of benzene rings is 1. The van der Waals surface area contributed by atoms with Crippen molar-refractivity contribution < 1.29 is 23.5 Å². The van der Waals surface area contributed by atoms with Gasteiger partial charge in [-0.1, -0.05) is 0 Å². The fourth-order valence-corrected chi connectivity index (χ4v) is 2.87. The largest absolute Gasteiger partial charge is 0.492 e. The molecule has 116 valence electrons. The number of hydrogen-bond acceptors (Lipinski definition) is 5. The normalized spacial score (nSPS) is 12.9. The highest BCUT2D eigenvalue weighted by Crippen LogP contribution is 2.43. The Morgan fingerprint density at radius 2 is 1.82 bits per heavy atom. The topological polar surface area (TPSA) is 98.8 Å². The van der Waals surface area contributed by atoms with Gasteiger partial charge in [-0.05, 0) is 26.0 Å². The molecule has 22 heavy (non-hydrogen) atoms. The fourth-order valence-electron chi connectivity index (χ4n) is 2.87. The van der Waals surface area contributed by atoms with Crippen LogP contribution in [0.2, 0.25) is 0 Å². The number of fused-ring (bicyclic) bond motifs is 2. The third-order valence-corrected chi connectivity index (χ3v) is 3.67. The van der Waals surface area contributed by atoms with Crippen LogP contribution in [-0.2, 0) is 4.79 Å². The van der Waals surface area contributed by atoms with Crippen molar-refractivity contribution >= 4 is 27.9 Å². The Labute approximate surface area is 126 Å². The standard InChI is InChI=1S/C16H17NO5/c1-7-4-9-13(11(17)6-12(18)19)14-10(5-8(2)21-14)15(20-3)16(9)22-7/h4-5,11H,6,17H2,1-3H3,(H,18,19). The molecule has 0 aliphatic carbocycles. The predicted octanol–water partition coefficient (Wildman–Crippen LogP) is 3.28. The second kappa shape index (κ2) is 5.06. The number of aliphatic carboxylic acids is 1. The third-order valence-electron chi connectivity index (χ3n) is 3.67. The Hall–Kier alpha value is -2.47. The lowest BCUT2D eigenvalue weighted by molar-refractivity contribution is -0.137. The average molecular weight is 303 g/mol. The summed E-state index contributed by atoms with van der Waals surface area (Å²) in [7, 11) is 1.56. The van der Waals surface area contributed by atoms with E-state index < -0.39 is 12.0 Å². The van der Waals surface area contributed by atoms with Crippen molar-refractivity contribution in [3.63, 3.8) is 0 Å². The average Bonchev–Trinajstić information content (AvgIpc) is 2.96. The Morgan fingerprint density at radius 3 is 2.41 bits per heavy atom. The quantitative estimate of drug-likeness (QED) is 0.767. The highest BCUT2D eigenvalue weighted by molar-refractivity contribution is 6.05. The van der Waals surface area contributed by atoms with E-state index in [9.17, 15) is 4.79 Å². The van der Waals surface area contributed by atoms with Gasteiger partial charge in [0.05, 0.1) is 18.9 Å². The van der Waals surface area contributed by atoms with E-state index >= 15 is 0 Å². The second-order valence-corrected chi connectivity index (χ2v) is 5.35. The highest BCUT2D eigenvalue weighted by atomic mass is 16.5. The third kappa shape index (κ3) is 2.12. The Morgan fingerprint density at radius 1 is 1.23 bits per heavy atom. The number of aryl methyl sites for hydroxylation is 2. The molecule has 6 heteroatoms. The van der Waals surface area contributed by atoms with Crippen LogP contribution in [0.5, 0.6) is 5.75 Å². The van der Waals surface area contributed by atoms with Gasteiger partial charge in [-0.2, -0.15) is 0 Å². The van der Waals surface area contributed by atoms with Gasteiger partial charge in [0.2, 0.25) is 0 Å². The van der Waals surface area contributed by atoms with Crippen molar-refractivity contribution in [2.24, 2.45) is 5.73 Å². The molecular formula is C16H17NO5. The summed E-state index contributed by atoms with van der Waals surface area (Å²) < 4.78 is 17.0. The van der Waals surface area contributed by atoms with Crippen LogP contribution in [-0.4, -0.2) is 18.2 Å². The van der Waals surface area contributed by atoms with Crippen molar-refractivity contribution in [2.75, 3.05) is 7.11 Å². The van der Waals surface area contributed by atoms with Crippen molar-refractivity contribution in [1.29, 1.82) is 0 Å². The summed E-state index contributed by atoms with van der Waals surface area (Å²) in [5.41, 5.74) is 7.86. The van der Waals surface area contributed by atoms with Crippen LogP contribution in [0.1, 0.15) is 29.5 Å². The molecule has 0 saturated heterocycles. The Kier molecular flexibility index (Phi) is 3.33. The summed E-state index contributed by atoms with van der Waals surface area (Å²) in [5, 5.41) is 10.5. The van der Waals surface area contributed by atoms with Gasteiger partial charge in [-0.15, -0.1) is 0 Å². The monoisotopic (exact) mass is 303 g/mol. The molecule has 6 nitrogen and oxygen atoms in total. The molecule has 1 atom stereocenters. The summed E-state index contributed by atoms with van der Waals surface area (Å²) in [6.45, 7) is 3.64. The minimum Gasteiger partial charge on any atom is -0.492 e. The van der Waals surface area contributed by atoms with Crippen LogP contribution in [0.15, 0.2) is 21.0 Å². The molecule has 0 saturated carbocycles. The summed E-state index contributed by atoms with van der Waals surface area (Å²) >= 11 is 0. The second-order valence-electron chi connectivity index (χ2n) is 5.35. The zero-order valence-electron chi connectivity index (χ0n) is 12.6. The van der Waals surface area contributed by atoms with Crippen molar-refractivity contribution in [1.82, 2.24) is 0 Å². The van der Waals surface area contributed by atoms with E-state index in [0.29, 0.717) is 34.0 Å². The van der Waals surface area contributed by atoms with E-state index in [0.717, 1.165) is 10.8 Å². The van der Waals surface area contributed by atoms with Crippen LogP contribution in [0.3, 0.4) is 0 Å². The lowest BCUT2D eigenvalue weighted by atomic mass is 9.97. The van der Waals surface area contributed by atoms with Gasteiger partial charge in [0.15, 0.2) is 11.3 Å². The predicted molar refractivity (Wildman–Crippen MR) is 81.2 cm³/mol. The molecule has 0 aliphatic rings. The number of carboxylic acid groups (broad SMARTS) is 1. The summed E-state index contributed by atoms with van der Waals surface area (Å²) in [5.74, 6) is 0.997. The molecular weight excluding hydrogens is 286 g/mol. The van der Waals surface area contributed by atoms with Crippen LogP contribution < -0.4 is 10.5 Å². The smallest absolute Gasteiger partial charge is 0.305 e. The lowest BCUT2D eigenvalue weighted by Crippen LogP contribution is -2.15. The molecule has 2 heterocycles. The van der Waals surface area contributed by atoms with Gasteiger partial charge < -0.3 is 24.4 Å². The van der Waals surface area contributed by atoms with Gasteiger partial charge in [-0.3, -0.25) is 4.79 Å². The minimum atomic E-state index is -0.965. The number of carboxylic acids is 1. The van der Waals surface area contributed by atoms with Gasteiger partial charge in [0.25, 0.3) is 0 Å². The van der Waals surface area contributed by atoms with E-state index in [1.807, 2.05) is 26.0 Å². The van der Waals surface area contributed by atoms with Crippen LogP contribution in [0, 0.1) is 13.8 Å². The number of methoxy groups -OCH3 is 1. The number of carbonyl (C=O) groups is 1. The summed E-state index contributed by atoms with van der Waals surface area (Å²) in [4.78, 5) is 11.0. The first kappa shape index (κ1) is 14.5. The molecule has 0 aliphatic heterocycles. The minimum absolute atomic E-state index is 0.194. The van der Waals surface area contributed by atoms with Crippen LogP contribution in [0.25, 0.3) is 21.9 Å². The maximum absolute atomic E-state index is 11.0. The van der Waals surface area contributed by atoms with E-state index in [1.165, 1.54) is 0 Å². The number of ether oxygens (including phenoxy) is 1. The summed E-state index contributed by atoms with van der Waals surface area (Å²) in [6.07, 6.45) is -0.194. The molecule has 0 amide bonds. The number of hydrogen-bond donors (Lipinski definition) is 2. The molecule has 3 aromatic rings.